The zero-order valence-corrected chi connectivity index (χ0v) is 17.9. The lowest BCUT2D eigenvalue weighted by molar-refractivity contribution is -0.114. The number of carbonyl (C=O) groups is 2. The van der Waals surface area contributed by atoms with Gasteiger partial charge >= 0.3 is 0 Å². The Balaban J connectivity index is 1.60. The van der Waals surface area contributed by atoms with E-state index in [0.717, 1.165) is 36.9 Å². The second kappa shape index (κ2) is 9.99. The fourth-order valence-electron chi connectivity index (χ4n) is 3.47. The molecule has 3 N–H and O–H groups in total. The SMILES string of the molecule is Cc1c(Cl)cccc1NCC(=O)Nc1ccc(Cl)c(C(=O)NC2CCCCC2)c1. The van der Waals surface area contributed by atoms with Crippen LogP contribution in [0.1, 0.15) is 48.0 Å². The molecule has 1 aliphatic rings. The van der Waals surface area contributed by atoms with E-state index in [2.05, 4.69) is 16.0 Å². The van der Waals surface area contributed by atoms with Crippen molar-refractivity contribution in [2.24, 2.45) is 0 Å². The molecule has 2 amide bonds. The zero-order chi connectivity index (χ0) is 20.8. The number of anilines is 2. The molecule has 0 aliphatic heterocycles. The molecule has 3 rings (SSSR count). The Bertz CT molecular complexity index is 896. The van der Waals surface area contributed by atoms with E-state index in [0.29, 0.717) is 21.3 Å². The van der Waals surface area contributed by atoms with Crippen LogP contribution in [-0.2, 0) is 4.79 Å². The minimum atomic E-state index is -0.231. The Morgan fingerprint density at radius 2 is 1.79 bits per heavy atom. The Hall–Kier alpha value is -2.24. The number of nitrogens with one attached hydrogen (secondary N) is 3. The minimum absolute atomic E-state index is 0.0768. The van der Waals surface area contributed by atoms with Gasteiger partial charge in [-0.25, -0.2) is 0 Å². The molecule has 29 heavy (non-hydrogen) atoms. The van der Waals surface area contributed by atoms with Crippen LogP contribution in [0, 0.1) is 6.92 Å². The highest BCUT2D eigenvalue weighted by Crippen LogP contribution is 2.24. The van der Waals surface area contributed by atoms with Gasteiger partial charge in [-0.2, -0.15) is 0 Å². The Kier molecular flexibility index (Phi) is 7.40. The summed E-state index contributed by atoms with van der Waals surface area (Å²) in [5, 5.41) is 9.93. The van der Waals surface area contributed by atoms with Crippen molar-refractivity contribution >= 4 is 46.4 Å². The van der Waals surface area contributed by atoms with E-state index < -0.39 is 0 Å². The van der Waals surface area contributed by atoms with Crippen LogP contribution >= 0.6 is 23.2 Å². The molecule has 0 radical (unpaired) electrons. The summed E-state index contributed by atoms with van der Waals surface area (Å²) < 4.78 is 0. The molecule has 1 aliphatic carbocycles. The summed E-state index contributed by atoms with van der Waals surface area (Å²) in [6.07, 6.45) is 5.47. The van der Waals surface area contributed by atoms with Gasteiger partial charge in [0.1, 0.15) is 0 Å². The number of carbonyl (C=O) groups excluding carboxylic acids is 2. The molecule has 2 aromatic carbocycles. The molecule has 7 heteroatoms. The van der Waals surface area contributed by atoms with Crippen molar-refractivity contribution in [3.63, 3.8) is 0 Å². The van der Waals surface area contributed by atoms with Gasteiger partial charge in [0.15, 0.2) is 0 Å². The summed E-state index contributed by atoms with van der Waals surface area (Å²) in [4.78, 5) is 24.9. The third kappa shape index (κ3) is 5.87. The van der Waals surface area contributed by atoms with Crippen LogP contribution < -0.4 is 16.0 Å². The van der Waals surface area contributed by atoms with E-state index in [9.17, 15) is 9.59 Å². The molecule has 154 valence electrons. The van der Waals surface area contributed by atoms with Crippen molar-refractivity contribution < 1.29 is 9.59 Å². The largest absolute Gasteiger partial charge is 0.376 e. The Morgan fingerprint density at radius 3 is 2.55 bits per heavy atom. The predicted molar refractivity (Wildman–Crippen MR) is 119 cm³/mol. The van der Waals surface area contributed by atoms with Gasteiger partial charge in [-0.1, -0.05) is 48.5 Å². The highest BCUT2D eigenvalue weighted by Gasteiger charge is 2.19. The summed E-state index contributed by atoms with van der Waals surface area (Å²) in [5.74, 6) is -0.434. The van der Waals surface area contributed by atoms with E-state index >= 15 is 0 Å². The van der Waals surface area contributed by atoms with Crippen molar-refractivity contribution in [3.8, 4) is 0 Å². The smallest absolute Gasteiger partial charge is 0.253 e. The number of hydrogen-bond acceptors (Lipinski definition) is 3. The Labute approximate surface area is 181 Å². The molecule has 0 bridgehead atoms. The van der Waals surface area contributed by atoms with Gasteiger partial charge in [0, 0.05) is 22.4 Å². The van der Waals surface area contributed by atoms with Crippen molar-refractivity contribution in [2.45, 2.75) is 45.1 Å². The van der Waals surface area contributed by atoms with Crippen molar-refractivity contribution in [1.29, 1.82) is 0 Å². The van der Waals surface area contributed by atoms with Crippen LogP contribution in [0.5, 0.6) is 0 Å². The van der Waals surface area contributed by atoms with Crippen LogP contribution in [0.2, 0.25) is 10.0 Å². The van der Waals surface area contributed by atoms with E-state index in [1.807, 2.05) is 19.1 Å². The molecular formula is C22H25Cl2N3O2. The summed E-state index contributed by atoms with van der Waals surface area (Å²) in [5.41, 5.74) is 2.58. The predicted octanol–water partition coefficient (Wildman–Crippen LogP) is 5.41. The summed E-state index contributed by atoms with van der Waals surface area (Å²) >= 11 is 12.3. The quantitative estimate of drug-likeness (QED) is 0.569. The molecule has 0 saturated heterocycles. The molecule has 0 unspecified atom stereocenters. The molecule has 0 heterocycles. The van der Waals surface area contributed by atoms with Crippen molar-refractivity contribution in [3.05, 3.63) is 57.6 Å². The second-order valence-electron chi connectivity index (χ2n) is 7.32. The zero-order valence-electron chi connectivity index (χ0n) is 16.4. The summed E-state index contributed by atoms with van der Waals surface area (Å²) in [6.45, 7) is 1.96. The summed E-state index contributed by atoms with van der Waals surface area (Å²) in [7, 11) is 0. The molecule has 0 aromatic heterocycles. The third-order valence-electron chi connectivity index (χ3n) is 5.14. The van der Waals surface area contributed by atoms with Crippen LogP contribution in [0.15, 0.2) is 36.4 Å². The first kappa shape index (κ1) is 21.5. The monoisotopic (exact) mass is 433 g/mol. The first-order chi connectivity index (χ1) is 13.9. The molecular weight excluding hydrogens is 409 g/mol. The maximum absolute atomic E-state index is 12.6. The molecule has 5 nitrogen and oxygen atoms in total. The maximum Gasteiger partial charge on any atom is 0.253 e. The van der Waals surface area contributed by atoms with Gasteiger partial charge in [0.05, 0.1) is 17.1 Å². The molecule has 1 saturated carbocycles. The number of hydrogen-bond donors (Lipinski definition) is 3. The lowest BCUT2D eigenvalue weighted by atomic mass is 9.95. The Morgan fingerprint density at radius 1 is 1.03 bits per heavy atom. The number of rotatable bonds is 6. The fourth-order valence-corrected chi connectivity index (χ4v) is 3.84. The second-order valence-corrected chi connectivity index (χ2v) is 8.13. The fraction of sp³-hybridized carbons (Fsp3) is 0.364. The molecule has 0 atom stereocenters. The van der Waals surface area contributed by atoms with Crippen LogP contribution in [0.25, 0.3) is 0 Å². The van der Waals surface area contributed by atoms with Gasteiger partial charge < -0.3 is 16.0 Å². The highest BCUT2D eigenvalue weighted by atomic mass is 35.5. The first-order valence-electron chi connectivity index (χ1n) is 9.83. The average molecular weight is 434 g/mol. The number of halogens is 2. The van der Waals surface area contributed by atoms with Gasteiger partial charge in [-0.05, 0) is 55.7 Å². The van der Waals surface area contributed by atoms with Crippen LogP contribution in [0.3, 0.4) is 0 Å². The van der Waals surface area contributed by atoms with Crippen LogP contribution in [0.4, 0.5) is 11.4 Å². The molecule has 1 fully saturated rings. The molecule has 2 aromatic rings. The minimum Gasteiger partial charge on any atom is -0.376 e. The lowest BCUT2D eigenvalue weighted by Gasteiger charge is -2.23. The maximum atomic E-state index is 12.6. The van der Waals surface area contributed by atoms with Gasteiger partial charge in [0.2, 0.25) is 5.91 Å². The topological polar surface area (TPSA) is 70.2 Å². The van der Waals surface area contributed by atoms with Gasteiger partial charge in [-0.3, -0.25) is 9.59 Å². The van der Waals surface area contributed by atoms with Crippen LogP contribution in [-0.4, -0.2) is 24.4 Å². The third-order valence-corrected chi connectivity index (χ3v) is 5.88. The van der Waals surface area contributed by atoms with E-state index in [1.54, 1.807) is 24.3 Å². The average Bonchev–Trinajstić information content (AvgIpc) is 2.71. The molecule has 0 spiro atoms. The van der Waals surface area contributed by atoms with E-state index in [1.165, 1.54) is 6.42 Å². The highest BCUT2D eigenvalue weighted by molar-refractivity contribution is 6.34. The summed E-state index contributed by atoms with van der Waals surface area (Å²) in [6, 6.07) is 10.6. The standard InChI is InChI=1S/C22H25Cl2N3O2/c1-14-18(23)8-5-9-20(14)25-13-21(28)26-16-10-11-19(24)17(12-16)22(29)27-15-6-3-2-4-7-15/h5,8-12,15,25H,2-4,6-7,13H2,1H3,(H,26,28)(H,27,29). The number of benzene rings is 2. The van der Waals surface area contributed by atoms with Gasteiger partial charge in [-0.15, -0.1) is 0 Å². The van der Waals surface area contributed by atoms with E-state index in [-0.39, 0.29) is 24.4 Å². The number of amides is 2. The van der Waals surface area contributed by atoms with E-state index in [4.69, 9.17) is 23.2 Å². The van der Waals surface area contributed by atoms with Gasteiger partial charge in [0.25, 0.3) is 5.91 Å². The van der Waals surface area contributed by atoms with Crippen molar-refractivity contribution in [1.82, 2.24) is 5.32 Å². The lowest BCUT2D eigenvalue weighted by Crippen LogP contribution is -2.36. The van der Waals surface area contributed by atoms with Crippen molar-refractivity contribution in [2.75, 3.05) is 17.2 Å². The first-order valence-corrected chi connectivity index (χ1v) is 10.6. The normalized spacial score (nSPS) is 14.3.